The van der Waals surface area contributed by atoms with Crippen LogP contribution >= 0.6 is 0 Å². The van der Waals surface area contributed by atoms with Gasteiger partial charge in [0, 0.05) is 11.8 Å². The zero-order chi connectivity index (χ0) is 15.8. The number of ether oxygens (including phenoxy) is 1. The first-order valence-corrected chi connectivity index (χ1v) is 6.17. The number of carbonyl (C=O) groups excluding carboxylic acids is 1. The van der Waals surface area contributed by atoms with Gasteiger partial charge < -0.3 is 25.6 Å². The van der Waals surface area contributed by atoms with E-state index < -0.39 is 30.4 Å². The van der Waals surface area contributed by atoms with Crippen molar-refractivity contribution >= 4 is 23.7 Å². The molecule has 2 amide bonds. The molecule has 0 unspecified atom stereocenters. The number of nitrogens with one attached hydrogen (secondary N) is 2. The molecule has 0 bridgehead atoms. The SMILES string of the molecule is CCOc1cccc(NC(=O)N[C@@H](CC(=O)O)C(=O)O)c1. The summed E-state index contributed by atoms with van der Waals surface area (Å²) in [5.41, 5.74) is 0.401. The highest BCUT2D eigenvalue weighted by Gasteiger charge is 2.22. The first-order chi connectivity index (χ1) is 9.92. The van der Waals surface area contributed by atoms with Crippen LogP contribution in [0.3, 0.4) is 0 Å². The van der Waals surface area contributed by atoms with E-state index in [1.54, 1.807) is 24.3 Å². The Morgan fingerprint density at radius 3 is 2.57 bits per heavy atom. The lowest BCUT2D eigenvalue weighted by Crippen LogP contribution is -2.44. The molecule has 1 atom stereocenters. The topological polar surface area (TPSA) is 125 Å². The van der Waals surface area contributed by atoms with E-state index in [4.69, 9.17) is 14.9 Å². The zero-order valence-corrected chi connectivity index (χ0v) is 11.3. The lowest BCUT2D eigenvalue weighted by Gasteiger charge is -2.13. The number of hydrogen-bond donors (Lipinski definition) is 4. The lowest BCUT2D eigenvalue weighted by atomic mass is 10.2. The maximum Gasteiger partial charge on any atom is 0.326 e. The fraction of sp³-hybridized carbons (Fsp3) is 0.308. The number of hydrogen-bond acceptors (Lipinski definition) is 4. The molecule has 0 fully saturated rings. The van der Waals surface area contributed by atoms with Gasteiger partial charge >= 0.3 is 18.0 Å². The van der Waals surface area contributed by atoms with Crippen molar-refractivity contribution in [3.05, 3.63) is 24.3 Å². The molecule has 8 nitrogen and oxygen atoms in total. The molecular formula is C13H16N2O6. The summed E-state index contributed by atoms with van der Waals surface area (Å²) < 4.78 is 5.26. The Hall–Kier alpha value is -2.77. The summed E-state index contributed by atoms with van der Waals surface area (Å²) in [5.74, 6) is -2.19. The average molecular weight is 296 g/mol. The lowest BCUT2D eigenvalue weighted by molar-refractivity contribution is -0.145. The van der Waals surface area contributed by atoms with Gasteiger partial charge in [0.05, 0.1) is 13.0 Å². The maximum absolute atomic E-state index is 11.7. The monoisotopic (exact) mass is 296 g/mol. The quantitative estimate of drug-likeness (QED) is 0.598. The van der Waals surface area contributed by atoms with Crippen LogP contribution in [0, 0.1) is 0 Å². The highest BCUT2D eigenvalue weighted by molar-refractivity contribution is 5.93. The fourth-order valence-electron chi connectivity index (χ4n) is 1.53. The van der Waals surface area contributed by atoms with Crippen LogP contribution < -0.4 is 15.4 Å². The minimum absolute atomic E-state index is 0.401. The number of amides is 2. The average Bonchev–Trinajstić information content (AvgIpc) is 2.38. The van der Waals surface area contributed by atoms with Crippen molar-refractivity contribution in [3.63, 3.8) is 0 Å². The van der Waals surface area contributed by atoms with Crippen LogP contribution in [-0.2, 0) is 9.59 Å². The third kappa shape index (κ3) is 5.81. The number of carboxylic acid groups (broad SMARTS) is 2. The largest absolute Gasteiger partial charge is 0.494 e. The van der Waals surface area contributed by atoms with E-state index in [9.17, 15) is 14.4 Å². The minimum Gasteiger partial charge on any atom is -0.494 e. The molecule has 0 aromatic heterocycles. The Labute approximate surface area is 120 Å². The van der Waals surface area contributed by atoms with E-state index in [1.807, 2.05) is 6.92 Å². The van der Waals surface area contributed by atoms with Gasteiger partial charge in [-0.2, -0.15) is 0 Å². The zero-order valence-electron chi connectivity index (χ0n) is 11.3. The van der Waals surface area contributed by atoms with Crippen molar-refractivity contribution in [2.75, 3.05) is 11.9 Å². The summed E-state index contributed by atoms with van der Waals surface area (Å²) in [6.07, 6.45) is -0.707. The number of urea groups is 1. The van der Waals surface area contributed by atoms with E-state index in [-0.39, 0.29) is 0 Å². The Morgan fingerprint density at radius 1 is 1.29 bits per heavy atom. The van der Waals surface area contributed by atoms with Crippen molar-refractivity contribution < 1.29 is 29.3 Å². The molecule has 0 aliphatic rings. The molecule has 0 spiro atoms. The van der Waals surface area contributed by atoms with E-state index in [0.29, 0.717) is 18.0 Å². The number of anilines is 1. The van der Waals surface area contributed by atoms with Crippen LogP contribution in [0.1, 0.15) is 13.3 Å². The third-order valence-electron chi connectivity index (χ3n) is 2.39. The summed E-state index contributed by atoms with van der Waals surface area (Å²) in [6.45, 7) is 2.28. The first kappa shape index (κ1) is 16.3. The molecule has 1 aromatic rings. The Morgan fingerprint density at radius 2 is 2.00 bits per heavy atom. The van der Waals surface area contributed by atoms with E-state index in [0.717, 1.165) is 0 Å². The second kappa shape index (κ2) is 7.73. The molecule has 0 aliphatic carbocycles. The summed E-state index contributed by atoms with van der Waals surface area (Å²) >= 11 is 0. The normalized spacial score (nSPS) is 11.3. The number of carbonyl (C=O) groups is 3. The molecule has 1 aromatic carbocycles. The molecule has 0 heterocycles. The smallest absolute Gasteiger partial charge is 0.326 e. The second-order valence-corrected chi connectivity index (χ2v) is 4.05. The molecule has 4 N–H and O–H groups in total. The van der Waals surface area contributed by atoms with Crippen LogP contribution in [-0.4, -0.2) is 40.8 Å². The van der Waals surface area contributed by atoms with Gasteiger partial charge in [-0.1, -0.05) is 6.07 Å². The van der Waals surface area contributed by atoms with Gasteiger partial charge in [0.25, 0.3) is 0 Å². The molecule has 114 valence electrons. The van der Waals surface area contributed by atoms with E-state index in [2.05, 4.69) is 10.6 Å². The van der Waals surface area contributed by atoms with Crippen LogP contribution in [0.25, 0.3) is 0 Å². The van der Waals surface area contributed by atoms with Crippen molar-refractivity contribution in [2.24, 2.45) is 0 Å². The predicted molar refractivity (Wildman–Crippen MR) is 73.4 cm³/mol. The van der Waals surface area contributed by atoms with Gasteiger partial charge in [-0.25, -0.2) is 9.59 Å². The molecule has 8 heteroatoms. The Bertz CT molecular complexity index is 531. The van der Waals surface area contributed by atoms with Gasteiger partial charge in [-0.05, 0) is 19.1 Å². The standard InChI is InChI=1S/C13H16N2O6/c1-2-21-9-5-3-4-8(6-9)14-13(20)15-10(12(18)19)7-11(16)17/h3-6,10H,2,7H2,1H3,(H,16,17)(H,18,19)(H2,14,15,20)/t10-/m0/s1. The number of aliphatic carboxylic acids is 2. The summed E-state index contributed by atoms with van der Waals surface area (Å²) in [7, 11) is 0. The Kier molecular flexibility index (Phi) is 5.99. The summed E-state index contributed by atoms with van der Waals surface area (Å²) in [5, 5.41) is 21.9. The molecule has 0 aliphatic heterocycles. The predicted octanol–water partition coefficient (Wildman–Crippen LogP) is 1.13. The number of rotatable bonds is 7. The van der Waals surface area contributed by atoms with Crippen molar-refractivity contribution in [1.29, 1.82) is 0 Å². The first-order valence-electron chi connectivity index (χ1n) is 6.17. The van der Waals surface area contributed by atoms with Gasteiger partial charge in [-0.15, -0.1) is 0 Å². The molecule has 21 heavy (non-hydrogen) atoms. The van der Waals surface area contributed by atoms with E-state index >= 15 is 0 Å². The van der Waals surface area contributed by atoms with Crippen molar-refractivity contribution in [1.82, 2.24) is 5.32 Å². The molecular weight excluding hydrogens is 280 g/mol. The third-order valence-corrected chi connectivity index (χ3v) is 2.39. The minimum atomic E-state index is -1.50. The summed E-state index contributed by atoms with van der Waals surface area (Å²) in [6, 6.07) is 4.21. The van der Waals surface area contributed by atoms with Crippen LogP contribution in [0.5, 0.6) is 5.75 Å². The highest BCUT2D eigenvalue weighted by Crippen LogP contribution is 2.17. The summed E-state index contributed by atoms with van der Waals surface area (Å²) in [4.78, 5) is 33.0. The second-order valence-electron chi connectivity index (χ2n) is 4.05. The van der Waals surface area contributed by atoms with Gasteiger partial charge in [0.2, 0.25) is 0 Å². The van der Waals surface area contributed by atoms with Crippen molar-refractivity contribution in [2.45, 2.75) is 19.4 Å². The Balaban J connectivity index is 2.65. The number of carboxylic acids is 2. The molecule has 1 rings (SSSR count). The van der Waals surface area contributed by atoms with Gasteiger partial charge in [-0.3, -0.25) is 4.79 Å². The van der Waals surface area contributed by atoms with Crippen LogP contribution in [0.2, 0.25) is 0 Å². The highest BCUT2D eigenvalue weighted by atomic mass is 16.5. The van der Waals surface area contributed by atoms with Gasteiger partial charge in [0.15, 0.2) is 0 Å². The molecule has 0 radical (unpaired) electrons. The van der Waals surface area contributed by atoms with E-state index in [1.165, 1.54) is 0 Å². The maximum atomic E-state index is 11.7. The fourth-order valence-corrected chi connectivity index (χ4v) is 1.53. The van der Waals surface area contributed by atoms with Crippen LogP contribution in [0.15, 0.2) is 24.3 Å². The van der Waals surface area contributed by atoms with Crippen LogP contribution in [0.4, 0.5) is 10.5 Å². The number of benzene rings is 1. The van der Waals surface area contributed by atoms with Gasteiger partial charge in [0.1, 0.15) is 11.8 Å². The van der Waals surface area contributed by atoms with Crippen molar-refractivity contribution in [3.8, 4) is 5.75 Å². The molecule has 0 saturated heterocycles. The molecule has 0 saturated carbocycles.